The maximum absolute atomic E-state index is 9.83. The van der Waals surface area contributed by atoms with Crippen molar-refractivity contribution in [1.29, 1.82) is 15.8 Å². The molecule has 10 aromatic rings. The van der Waals surface area contributed by atoms with Crippen LogP contribution in [0.2, 0.25) is 0 Å². The van der Waals surface area contributed by atoms with E-state index in [1.165, 1.54) is 10.8 Å². The van der Waals surface area contributed by atoms with E-state index in [0.717, 1.165) is 77.6 Å². The first-order chi connectivity index (χ1) is 27.6. The number of hydrogen-bond acceptors (Lipinski definition) is 3. The third kappa shape index (κ3) is 5.30. The van der Waals surface area contributed by atoms with Crippen LogP contribution in [0.15, 0.2) is 176 Å². The normalized spacial score (nSPS) is 11.2. The van der Waals surface area contributed by atoms with Crippen molar-refractivity contribution >= 4 is 43.6 Å². The van der Waals surface area contributed by atoms with Crippen molar-refractivity contribution in [1.82, 2.24) is 9.13 Å². The molecule has 0 amide bonds. The van der Waals surface area contributed by atoms with Crippen LogP contribution in [-0.4, -0.2) is 9.13 Å². The van der Waals surface area contributed by atoms with Crippen LogP contribution in [0.3, 0.4) is 0 Å². The van der Waals surface area contributed by atoms with Gasteiger partial charge in [-0.1, -0.05) is 72.8 Å². The first-order valence-electron chi connectivity index (χ1n) is 18.3. The minimum absolute atomic E-state index is 0.566. The van der Waals surface area contributed by atoms with Crippen molar-refractivity contribution in [2.45, 2.75) is 0 Å². The van der Waals surface area contributed by atoms with E-state index < -0.39 is 0 Å². The van der Waals surface area contributed by atoms with Gasteiger partial charge in [-0.05, 0) is 137 Å². The molecule has 5 heteroatoms. The number of nitrogens with zero attached hydrogens (tertiary/aromatic N) is 5. The number of rotatable bonds is 5. The third-order valence-electron chi connectivity index (χ3n) is 10.8. The van der Waals surface area contributed by atoms with Gasteiger partial charge >= 0.3 is 0 Å². The quantitative estimate of drug-likeness (QED) is 0.178. The summed E-state index contributed by atoms with van der Waals surface area (Å²) in [5.74, 6) is 0. The van der Waals surface area contributed by atoms with Crippen molar-refractivity contribution in [2.24, 2.45) is 0 Å². The first-order valence-corrected chi connectivity index (χ1v) is 18.3. The van der Waals surface area contributed by atoms with E-state index in [4.69, 9.17) is 0 Å². The maximum Gasteiger partial charge on any atom is 0.0991 e. The van der Waals surface area contributed by atoms with Gasteiger partial charge in [-0.25, -0.2) is 0 Å². The Labute approximate surface area is 323 Å². The van der Waals surface area contributed by atoms with Gasteiger partial charge in [0.2, 0.25) is 0 Å². The summed E-state index contributed by atoms with van der Waals surface area (Å²) in [6, 6.07) is 67.0. The highest BCUT2D eigenvalue weighted by molar-refractivity contribution is 6.12. The standard InChI is InChI=1S/C51H29N5/c52-30-33-13-17-36(18-14-33)37-7-6-8-38(25-37)40-26-41(39-19-22-51-47(29-39)44-11-4-5-12-48(44)55(51)42-9-2-1-3-10-42)28-43(27-40)56-49-20-15-34(31-53)23-45(49)46-24-35(32-54)16-21-50(46)56/h1-29H. The molecule has 2 aromatic heterocycles. The van der Waals surface area contributed by atoms with Crippen LogP contribution in [0, 0.1) is 34.0 Å². The van der Waals surface area contributed by atoms with Gasteiger partial charge in [-0.3, -0.25) is 0 Å². The average Bonchev–Trinajstić information content (AvgIpc) is 3.78. The number of aromatic nitrogens is 2. The molecule has 258 valence electrons. The van der Waals surface area contributed by atoms with E-state index in [9.17, 15) is 15.8 Å². The Balaban J connectivity index is 1.23. The van der Waals surface area contributed by atoms with Crippen LogP contribution in [0.5, 0.6) is 0 Å². The van der Waals surface area contributed by atoms with Crippen molar-refractivity contribution in [3.8, 4) is 63.0 Å². The zero-order chi connectivity index (χ0) is 37.8. The van der Waals surface area contributed by atoms with E-state index in [1.807, 2.05) is 66.7 Å². The fraction of sp³-hybridized carbons (Fsp3) is 0. The highest BCUT2D eigenvalue weighted by atomic mass is 15.0. The number of benzene rings is 8. The van der Waals surface area contributed by atoms with Crippen LogP contribution in [0.4, 0.5) is 0 Å². The van der Waals surface area contributed by atoms with Crippen LogP contribution in [0.1, 0.15) is 16.7 Å². The molecule has 0 aliphatic heterocycles. The lowest BCUT2D eigenvalue weighted by Crippen LogP contribution is -1.96. The van der Waals surface area contributed by atoms with Crippen LogP contribution in [0.25, 0.3) is 88.4 Å². The summed E-state index contributed by atoms with van der Waals surface area (Å²) in [5, 5.41) is 33.2. The van der Waals surface area contributed by atoms with Gasteiger partial charge in [0, 0.05) is 32.9 Å². The lowest BCUT2D eigenvalue weighted by molar-refractivity contribution is 1.18. The van der Waals surface area contributed by atoms with E-state index in [1.54, 1.807) is 0 Å². The Bertz CT molecular complexity index is 3260. The molecule has 0 fully saturated rings. The van der Waals surface area contributed by atoms with E-state index in [2.05, 4.69) is 137 Å². The van der Waals surface area contributed by atoms with Gasteiger partial charge in [0.25, 0.3) is 0 Å². The second-order valence-electron chi connectivity index (χ2n) is 14.0. The molecule has 0 atom stereocenters. The molecule has 0 saturated carbocycles. The highest BCUT2D eigenvalue weighted by Gasteiger charge is 2.18. The smallest absolute Gasteiger partial charge is 0.0991 e. The summed E-state index contributed by atoms with van der Waals surface area (Å²) in [4.78, 5) is 0. The van der Waals surface area contributed by atoms with Crippen molar-refractivity contribution in [3.63, 3.8) is 0 Å². The van der Waals surface area contributed by atoms with Crippen molar-refractivity contribution in [2.75, 3.05) is 0 Å². The van der Waals surface area contributed by atoms with Gasteiger partial charge in [0.15, 0.2) is 0 Å². The Hall–Kier alpha value is -8.17. The predicted molar refractivity (Wildman–Crippen MR) is 226 cm³/mol. The summed E-state index contributed by atoms with van der Waals surface area (Å²) in [6.07, 6.45) is 0. The first kappa shape index (κ1) is 32.5. The SMILES string of the molecule is N#Cc1ccc(-c2cccc(-c3cc(-c4ccc5c(c4)c4ccccc4n5-c4ccccc4)cc(-n4c5ccc(C#N)cc5c5cc(C#N)ccc54)c3)c2)cc1. The summed E-state index contributed by atoms with van der Waals surface area (Å²) >= 11 is 0. The fourth-order valence-electron chi connectivity index (χ4n) is 8.14. The van der Waals surface area contributed by atoms with E-state index in [-0.39, 0.29) is 0 Å². The number of para-hydroxylation sites is 2. The lowest BCUT2D eigenvalue weighted by atomic mass is 9.94. The molecule has 0 bridgehead atoms. The molecule has 10 rings (SSSR count). The molecule has 2 heterocycles. The molecular formula is C51H29N5. The van der Waals surface area contributed by atoms with Gasteiger partial charge in [0.05, 0.1) is 57.0 Å². The summed E-state index contributed by atoms with van der Waals surface area (Å²) in [7, 11) is 0. The molecule has 0 unspecified atom stereocenters. The molecule has 8 aromatic carbocycles. The van der Waals surface area contributed by atoms with E-state index in [0.29, 0.717) is 16.7 Å². The molecule has 0 radical (unpaired) electrons. The molecule has 0 aliphatic rings. The molecule has 5 nitrogen and oxygen atoms in total. The number of nitriles is 3. The van der Waals surface area contributed by atoms with Gasteiger partial charge in [-0.15, -0.1) is 0 Å². The molecule has 0 saturated heterocycles. The summed E-state index contributed by atoms with van der Waals surface area (Å²) in [5.41, 5.74) is 14.3. The topological polar surface area (TPSA) is 81.2 Å². The number of hydrogen-bond donors (Lipinski definition) is 0. The molecule has 56 heavy (non-hydrogen) atoms. The minimum Gasteiger partial charge on any atom is -0.309 e. The average molecular weight is 712 g/mol. The molecule has 0 spiro atoms. The Morgan fingerprint density at radius 1 is 0.286 bits per heavy atom. The van der Waals surface area contributed by atoms with Crippen LogP contribution >= 0.6 is 0 Å². The Morgan fingerprint density at radius 2 is 0.750 bits per heavy atom. The number of fused-ring (bicyclic) bond motifs is 6. The monoisotopic (exact) mass is 711 g/mol. The molecular weight excluding hydrogens is 683 g/mol. The molecule has 0 N–H and O–H groups in total. The van der Waals surface area contributed by atoms with Crippen molar-refractivity contribution in [3.05, 3.63) is 193 Å². The highest BCUT2D eigenvalue weighted by Crippen LogP contribution is 2.40. The zero-order valence-electron chi connectivity index (χ0n) is 30.0. The lowest BCUT2D eigenvalue weighted by Gasteiger charge is -2.15. The second kappa shape index (κ2) is 13.0. The second-order valence-corrected chi connectivity index (χ2v) is 14.0. The third-order valence-corrected chi connectivity index (χ3v) is 10.8. The van der Waals surface area contributed by atoms with Gasteiger partial charge in [0.1, 0.15) is 0 Å². The van der Waals surface area contributed by atoms with Gasteiger partial charge < -0.3 is 9.13 Å². The van der Waals surface area contributed by atoms with E-state index >= 15 is 0 Å². The minimum atomic E-state index is 0.566. The molecule has 0 aliphatic carbocycles. The Kier molecular flexibility index (Phi) is 7.57. The Morgan fingerprint density at radius 3 is 1.39 bits per heavy atom. The van der Waals surface area contributed by atoms with Crippen molar-refractivity contribution < 1.29 is 0 Å². The summed E-state index contributed by atoms with van der Waals surface area (Å²) in [6.45, 7) is 0. The largest absolute Gasteiger partial charge is 0.309 e. The van der Waals surface area contributed by atoms with Crippen LogP contribution in [-0.2, 0) is 0 Å². The predicted octanol–water partition coefficient (Wildman–Crippen LogP) is 12.5. The van der Waals surface area contributed by atoms with Crippen LogP contribution < -0.4 is 0 Å². The summed E-state index contributed by atoms with van der Waals surface area (Å²) < 4.78 is 4.57. The maximum atomic E-state index is 9.83. The van der Waals surface area contributed by atoms with Gasteiger partial charge in [-0.2, -0.15) is 15.8 Å². The zero-order valence-corrected chi connectivity index (χ0v) is 30.0. The fourth-order valence-corrected chi connectivity index (χ4v) is 8.14.